The van der Waals surface area contributed by atoms with E-state index in [9.17, 15) is 4.79 Å². The summed E-state index contributed by atoms with van der Waals surface area (Å²) in [5, 5.41) is 0. The van der Waals surface area contributed by atoms with Crippen LogP contribution in [-0.2, 0) is 17.9 Å². The summed E-state index contributed by atoms with van der Waals surface area (Å²) in [6.45, 7) is 4.21. The second kappa shape index (κ2) is 5.29. The number of imidazole rings is 1. The molecule has 1 fully saturated rings. The molecule has 17 heavy (non-hydrogen) atoms. The lowest BCUT2D eigenvalue weighted by molar-refractivity contribution is -0.133. The van der Waals surface area contributed by atoms with Gasteiger partial charge in [0.1, 0.15) is 12.4 Å². The lowest BCUT2D eigenvalue weighted by Gasteiger charge is -2.32. The smallest absolute Gasteiger partial charge is 0.242 e. The van der Waals surface area contributed by atoms with Gasteiger partial charge in [-0.05, 0) is 7.05 Å². The highest BCUT2D eigenvalue weighted by Gasteiger charge is 2.19. The topological polar surface area (TPSA) is 67.4 Å². The molecule has 94 valence electrons. The van der Waals surface area contributed by atoms with Gasteiger partial charge in [-0.15, -0.1) is 0 Å². The number of piperazine rings is 1. The van der Waals surface area contributed by atoms with Crippen LogP contribution in [0.5, 0.6) is 0 Å². The molecular formula is C11H19N5O. The predicted molar refractivity (Wildman–Crippen MR) is 64.2 cm³/mol. The van der Waals surface area contributed by atoms with Crippen LogP contribution in [0.3, 0.4) is 0 Å². The van der Waals surface area contributed by atoms with Crippen molar-refractivity contribution < 1.29 is 4.79 Å². The monoisotopic (exact) mass is 237 g/mol. The molecule has 0 unspecified atom stereocenters. The summed E-state index contributed by atoms with van der Waals surface area (Å²) in [5.41, 5.74) is 5.55. The van der Waals surface area contributed by atoms with Crippen molar-refractivity contribution in [2.75, 3.05) is 33.2 Å². The Morgan fingerprint density at radius 1 is 1.41 bits per heavy atom. The summed E-state index contributed by atoms with van der Waals surface area (Å²) in [7, 11) is 2.07. The number of amides is 1. The molecule has 0 atom stereocenters. The molecule has 1 saturated heterocycles. The number of nitrogens with two attached hydrogens (primary N) is 1. The van der Waals surface area contributed by atoms with Crippen LogP contribution in [0.4, 0.5) is 0 Å². The van der Waals surface area contributed by atoms with Crippen LogP contribution in [0.2, 0.25) is 0 Å². The van der Waals surface area contributed by atoms with Gasteiger partial charge in [-0.25, -0.2) is 4.98 Å². The van der Waals surface area contributed by atoms with Crippen molar-refractivity contribution in [3.05, 3.63) is 18.2 Å². The first-order valence-electron chi connectivity index (χ1n) is 5.87. The van der Waals surface area contributed by atoms with E-state index in [4.69, 9.17) is 5.73 Å². The van der Waals surface area contributed by atoms with Gasteiger partial charge in [0.2, 0.25) is 5.91 Å². The molecule has 2 N–H and O–H groups in total. The molecule has 1 aliphatic heterocycles. The van der Waals surface area contributed by atoms with Crippen LogP contribution in [0.25, 0.3) is 0 Å². The Bertz CT molecular complexity index is 381. The number of rotatable bonds is 3. The first-order valence-corrected chi connectivity index (χ1v) is 5.87. The van der Waals surface area contributed by atoms with Gasteiger partial charge in [0, 0.05) is 38.6 Å². The number of hydrogen-bond acceptors (Lipinski definition) is 4. The molecule has 1 aromatic rings. The number of carbonyl (C=O) groups excluding carboxylic acids is 1. The molecule has 1 aromatic heterocycles. The van der Waals surface area contributed by atoms with Crippen molar-refractivity contribution >= 4 is 5.91 Å². The fourth-order valence-electron chi connectivity index (χ4n) is 1.98. The third-order valence-corrected chi connectivity index (χ3v) is 3.15. The maximum Gasteiger partial charge on any atom is 0.242 e. The van der Waals surface area contributed by atoms with Crippen LogP contribution < -0.4 is 5.73 Å². The zero-order valence-electron chi connectivity index (χ0n) is 10.2. The summed E-state index contributed by atoms with van der Waals surface area (Å²) < 4.78 is 1.82. The lowest BCUT2D eigenvalue weighted by Crippen LogP contribution is -2.48. The Hall–Kier alpha value is -1.40. The molecule has 0 bridgehead atoms. The lowest BCUT2D eigenvalue weighted by atomic mass is 10.3. The maximum atomic E-state index is 12.1. The van der Waals surface area contributed by atoms with Gasteiger partial charge in [-0.2, -0.15) is 0 Å². The van der Waals surface area contributed by atoms with E-state index in [0.717, 1.165) is 32.0 Å². The largest absolute Gasteiger partial charge is 0.339 e. The van der Waals surface area contributed by atoms with Crippen molar-refractivity contribution in [3.8, 4) is 0 Å². The minimum Gasteiger partial charge on any atom is -0.339 e. The number of aromatic nitrogens is 2. The quantitative estimate of drug-likeness (QED) is 0.741. The van der Waals surface area contributed by atoms with Crippen LogP contribution in [0.1, 0.15) is 5.82 Å². The van der Waals surface area contributed by atoms with Gasteiger partial charge in [0.25, 0.3) is 0 Å². The number of hydrogen-bond donors (Lipinski definition) is 1. The van der Waals surface area contributed by atoms with Gasteiger partial charge in [-0.3, -0.25) is 4.79 Å². The van der Waals surface area contributed by atoms with E-state index in [1.54, 1.807) is 12.4 Å². The van der Waals surface area contributed by atoms with Gasteiger partial charge >= 0.3 is 0 Å². The van der Waals surface area contributed by atoms with E-state index in [1.165, 1.54) is 0 Å². The van der Waals surface area contributed by atoms with Gasteiger partial charge < -0.3 is 20.1 Å². The molecule has 0 spiro atoms. The molecule has 0 saturated carbocycles. The molecule has 2 heterocycles. The minimum atomic E-state index is 0.144. The van der Waals surface area contributed by atoms with Crippen LogP contribution in [-0.4, -0.2) is 58.5 Å². The molecule has 2 rings (SSSR count). The molecule has 6 nitrogen and oxygen atoms in total. The predicted octanol–water partition coefficient (Wildman–Crippen LogP) is -0.884. The summed E-state index contributed by atoms with van der Waals surface area (Å²) in [5.74, 6) is 0.901. The minimum absolute atomic E-state index is 0.144. The maximum absolute atomic E-state index is 12.1. The first kappa shape index (κ1) is 12.1. The highest BCUT2D eigenvalue weighted by Crippen LogP contribution is 2.03. The SMILES string of the molecule is CN1CCN(C(=O)Cn2ccnc2CN)CC1. The van der Waals surface area contributed by atoms with Gasteiger partial charge in [0.15, 0.2) is 0 Å². The normalized spacial score (nSPS) is 17.4. The second-order valence-corrected chi connectivity index (χ2v) is 4.36. The van der Waals surface area contributed by atoms with Gasteiger partial charge in [0.05, 0.1) is 6.54 Å². The number of likely N-dealkylation sites (N-methyl/N-ethyl adjacent to an activating group) is 1. The summed E-state index contributed by atoms with van der Waals surface area (Å²) >= 11 is 0. The Kier molecular flexibility index (Phi) is 3.75. The molecule has 6 heteroatoms. The zero-order valence-corrected chi connectivity index (χ0v) is 10.2. The fraction of sp³-hybridized carbons (Fsp3) is 0.636. The standard InChI is InChI=1S/C11H19N5O/c1-14-4-6-15(7-5-14)11(17)9-16-3-2-13-10(16)8-12/h2-3H,4-9,12H2,1H3. The Labute approximate surface area is 101 Å². The highest BCUT2D eigenvalue weighted by molar-refractivity contribution is 5.76. The number of nitrogens with zero attached hydrogens (tertiary/aromatic N) is 4. The van der Waals surface area contributed by atoms with Crippen molar-refractivity contribution in [1.82, 2.24) is 19.4 Å². The molecular weight excluding hydrogens is 218 g/mol. The Morgan fingerprint density at radius 3 is 2.76 bits per heavy atom. The molecule has 0 aliphatic carbocycles. The van der Waals surface area contributed by atoms with Crippen LogP contribution in [0, 0.1) is 0 Å². The average Bonchev–Trinajstić information content (AvgIpc) is 2.77. The highest BCUT2D eigenvalue weighted by atomic mass is 16.2. The Balaban J connectivity index is 1.93. The van der Waals surface area contributed by atoms with Crippen molar-refractivity contribution in [1.29, 1.82) is 0 Å². The van der Waals surface area contributed by atoms with E-state index >= 15 is 0 Å². The van der Waals surface area contributed by atoms with Crippen molar-refractivity contribution in [3.63, 3.8) is 0 Å². The van der Waals surface area contributed by atoms with E-state index in [2.05, 4.69) is 16.9 Å². The molecule has 0 aromatic carbocycles. The zero-order chi connectivity index (χ0) is 12.3. The van der Waals surface area contributed by atoms with Crippen molar-refractivity contribution in [2.24, 2.45) is 5.73 Å². The third kappa shape index (κ3) is 2.83. The summed E-state index contributed by atoms with van der Waals surface area (Å²) in [6, 6.07) is 0. The first-order chi connectivity index (χ1) is 8.20. The Morgan fingerprint density at radius 2 is 2.12 bits per heavy atom. The van der Waals surface area contributed by atoms with Crippen LogP contribution >= 0.6 is 0 Å². The number of carbonyl (C=O) groups is 1. The van der Waals surface area contributed by atoms with E-state index in [1.807, 2.05) is 9.47 Å². The summed E-state index contributed by atoms with van der Waals surface area (Å²) in [6.07, 6.45) is 3.48. The molecule has 0 radical (unpaired) electrons. The molecule has 1 aliphatic rings. The molecule has 1 amide bonds. The summed E-state index contributed by atoms with van der Waals surface area (Å²) in [4.78, 5) is 20.3. The third-order valence-electron chi connectivity index (χ3n) is 3.15. The van der Waals surface area contributed by atoms with E-state index < -0.39 is 0 Å². The second-order valence-electron chi connectivity index (χ2n) is 4.36. The van der Waals surface area contributed by atoms with Gasteiger partial charge in [-0.1, -0.05) is 0 Å². The fourth-order valence-corrected chi connectivity index (χ4v) is 1.98. The van der Waals surface area contributed by atoms with E-state index in [-0.39, 0.29) is 5.91 Å². The van der Waals surface area contributed by atoms with E-state index in [0.29, 0.717) is 13.1 Å². The average molecular weight is 237 g/mol. The van der Waals surface area contributed by atoms with Crippen LogP contribution in [0.15, 0.2) is 12.4 Å². The van der Waals surface area contributed by atoms with Crippen molar-refractivity contribution in [2.45, 2.75) is 13.1 Å².